The molecule has 0 spiro atoms. The number of nitrogens with two attached hydrogens (primary N) is 1. The van der Waals surface area contributed by atoms with Crippen LogP contribution in [0.4, 0.5) is 17.6 Å². The van der Waals surface area contributed by atoms with Gasteiger partial charge in [-0.05, 0) is 198 Å². The number of pyridine rings is 7. The fourth-order valence-electron chi connectivity index (χ4n) is 12.2. The van der Waals surface area contributed by atoms with Crippen LogP contribution in [0.15, 0.2) is 205 Å². The van der Waals surface area contributed by atoms with Gasteiger partial charge in [0.15, 0.2) is 34.8 Å². The fraction of sp³-hybridized carbons (Fsp3) is 0.291. The maximum atomic E-state index is 13.4. The zero-order chi connectivity index (χ0) is 78.5. The minimum atomic E-state index is -1.33. The molecule has 0 bridgehead atoms. The average molecular weight is 1700 g/mol. The highest BCUT2D eigenvalue weighted by Gasteiger charge is 2.21. The molecule has 7 heterocycles. The van der Waals surface area contributed by atoms with Crippen molar-refractivity contribution in [3.63, 3.8) is 0 Å². The third kappa shape index (κ3) is 27.0. The number of carbonyl (C=O) groups is 4. The summed E-state index contributed by atoms with van der Waals surface area (Å²) in [5, 5.41) is 11.0. The summed E-state index contributed by atoms with van der Waals surface area (Å²) < 4.78 is 54.8. The zero-order valence-corrected chi connectivity index (χ0v) is 66.5. The van der Waals surface area contributed by atoms with E-state index in [9.17, 15) is 46.3 Å². The van der Waals surface area contributed by atoms with Crippen LogP contribution >= 0.6 is 59.4 Å². The van der Waals surface area contributed by atoms with Gasteiger partial charge in [-0.15, -0.1) is 0 Å². The Kier molecular flexibility index (Phi) is 37.4. The summed E-state index contributed by atoms with van der Waals surface area (Å²) >= 11 is 14.7. The number of aromatic nitrogens is 7. The van der Waals surface area contributed by atoms with Crippen LogP contribution in [0.2, 0.25) is 0 Å². The van der Waals surface area contributed by atoms with Gasteiger partial charge in [0.1, 0.15) is 5.56 Å². The van der Waals surface area contributed by atoms with Crippen molar-refractivity contribution < 1.29 is 41.8 Å². The maximum absolute atomic E-state index is 13.4. The molecule has 5 aliphatic carbocycles. The van der Waals surface area contributed by atoms with E-state index in [-0.39, 0.29) is 41.0 Å². The molecule has 23 heteroatoms. The van der Waals surface area contributed by atoms with Crippen molar-refractivity contribution >= 4 is 111 Å². The highest BCUT2D eigenvalue weighted by atomic mass is 79.9. The molecule has 9 aromatic rings. The Hall–Kier alpha value is -9.32. The third-order valence-corrected chi connectivity index (χ3v) is 19.1. The number of carboxylic acid groups (broad SMARTS) is 1. The number of aromatic carboxylic acids is 1. The van der Waals surface area contributed by atoms with E-state index in [2.05, 4.69) is 127 Å². The van der Waals surface area contributed by atoms with Gasteiger partial charge in [0, 0.05) is 122 Å². The molecule has 7 aromatic heterocycles. The normalized spacial score (nSPS) is 12.4. The lowest BCUT2D eigenvalue weighted by molar-refractivity contribution is -0.113. The van der Waals surface area contributed by atoms with Gasteiger partial charge in [-0.3, -0.25) is 48.9 Å². The molecule has 0 saturated heterocycles. The summed E-state index contributed by atoms with van der Waals surface area (Å²) in [5.74, 6) is -5.20. The topological polar surface area (TPSA) is 223 Å². The van der Waals surface area contributed by atoms with Gasteiger partial charge in [-0.25, -0.2) is 22.4 Å². The number of Topliss-reactive ketones (excluding diaryl/α,β-unsaturated/α-hetero) is 2. The number of hydrogen-bond donors (Lipinski definition) is 2. The van der Waals surface area contributed by atoms with Gasteiger partial charge in [-0.1, -0.05) is 147 Å². The van der Waals surface area contributed by atoms with Crippen LogP contribution in [-0.2, 0) is 54.8 Å². The number of halogens is 8. The monoisotopic (exact) mass is 1690 g/mol. The number of fused-ring (bicyclic) bond motifs is 5. The van der Waals surface area contributed by atoms with E-state index in [0.717, 1.165) is 133 Å². The van der Waals surface area contributed by atoms with Crippen molar-refractivity contribution in [1.29, 1.82) is 0 Å². The Balaban J connectivity index is 0.000000186. The van der Waals surface area contributed by atoms with E-state index >= 15 is 0 Å². The molecule has 570 valence electrons. The number of allylic oxidation sites excluding steroid dienone is 9. The molecule has 0 saturated carbocycles. The predicted octanol–water partition coefficient (Wildman–Crippen LogP) is 19.2. The van der Waals surface area contributed by atoms with Crippen molar-refractivity contribution in [2.24, 2.45) is 5.73 Å². The standard InChI is InChI=1S/C26H24F2N2O2.C13H9F2NO3.C12H16N2.C11H10BrNO.C11H12BrN.C8H7N.C3H4BrClO.C2H6/c27-22-12-10-18(16-23(22)28)17-30-15-5-8-21(26(30)32)25(31)9-3-1-2-6-19-11-13-24-20(19)7-4-14-29-24;14-10-4-3-8(6-11(10)15)7-16-5-1-2-9(12(16)17)13(18)19;13-8-2-1-4-10-6-7-12-11(10)5-3-9-14-12;12-6-5-11(14)9-3-4-10-8(9)2-1-7-13-10;12-7-1-3-9-5-6-11-10(9)4-2-8-13-11;1-3-7-4-2-6-9-8(7)5-1;4-2-1-3(5)6;1-2/h4-5,7-8,10-12,14-16H,1-3,6,9,13,17H2;1-6H,7H2,(H,18,19);3,5-6,9H,1-2,4,7-8,13H2;1-3,7H,4-6H2;2,4-5,8H,1,3,6-7H2;1-4,6H,5H2;1-2H2;1-2H3. The van der Waals surface area contributed by atoms with Crippen LogP contribution in [0.5, 0.6) is 0 Å². The molecule has 5 aliphatic rings. The number of unbranched alkanes of at least 4 members (excludes halogenated alkanes) is 3. The van der Waals surface area contributed by atoms with Crippen LogP contribution in [0.1, 0.15) is 179 Å². The number of hydrogen-bond acceptors (Lipinski definition) is 12. The predicted molar refractivity (Wildman–Crippen MR) is 437 cm³/mol. The van der Waals surface area contributed by atoms with Crippen molar-refractivity contribution in [2.75, 3.05) is 22.5 Å². The second-order valence-corrected chi connectivity index (χ2v) is 27.7. The first-order valence-electron chi connectivity index (χ1n) is 36.2. The van der Waals surface area contributed by atoms with Crippen LogP contribution < -0.4 is 16.9 Å². The summed E-state index contributed by atoms with van der Waals surface area (Å²) in [6.45, 7) is 4.84. The molecular weight excluding hydrogens is 1610 g/mol. The summed E-state index contributed by atoms with van der Waals surface area (Å²) in [6.07, 6.45) is 40.5. The van der Waals surface area contributed by atoms with Crippen LogP contribution in [0, 0.1) is 23.3 Å². The molecule has 15 nitrogen and oxygen atoms in total. The fourth-order valence-corrected chi connectivity index (χ4v) is 13.5. The molecule has 0 aliphatic heterocycles. The lowest BCUT2D eigenvalue weighted by atomic mass is 10.0. The summed E-state index contributed by atoms with van der Waals surface area (Å²) in [7, 11) is 0. The molecule has 0 atom stereocenters. The van der Waals surface area contributed by atoms with Gasteiger partial charge in [0.25, 0.3) is 11.1 Å². The Bertz CT molecular complexity index is 4850. The van der Waals surface area contributed by atoms with Crippen LogP contribution in [0.25, 0.3) is 28.4 Å². The minimum absolute atomic E-state index is 0.0306. The second kappa shape index (κ2) is 46.9. The number of alkyl halides is 3. The molecular formula is C86H88Br3ClF4N8O7. The summed E-state index contributed by atoms with van der Waals surface area (Å²) in [4.78, 5) is 90.9. The van der Waals surface area contributed by atoms with E-state index in [1.54, 1.807) is 18.5 Å². The Morgan fingerprint density at radius 3 is 1.36 bits per heavy atom. The third-order valence-electron chi connectivity index (χ3n) is 17.5. The van der Waals surface area contributed by atoms with E-state index in [1.165, 1.54) is 116 Å². The zero-order valence-electron chi connectivity index (χ0n) is 60.9. The van der Waals surface area contributed by atoms with Gasteiger partial charge in [0.05, 0.1) is 47.1 Å². The van der Waals surface area contributed by atoms with Gasteiger partial charge >= 0.3 is 5.97 Å². The van der Waals surface area contributed by atoms with E-state index in [0.29, 0.717) is 42.1 Å². The molecule has 0 fully saturated rings. The first-order chi connectivity index (χ1) is 52.9. The van der Waals surface area contributed by atoms with Crippen LogP contribution in [-0.4, -0.2) is 84.5 Å². The molecule has 0 radical (unpaired) electrons. The number of ketones is 2. The minimum Gasteiger partial charge on any atom is -0.477 e. The highest BCUT2D eigenvalue weighted by Crippen LogP contribution is 2.33. The Labute approximate surface area is 663 Å². The molecule has 0 unspecified atom stereocenters. The van der Waals surface area contributed by atoms with Crippen molar-refractivity contribution in [2.45, 2.75) is 136 Å². The SMILES string of the molecule is BrCCCC1=CCc2ncccc21.C1=Cc2cccnc2C1.CC.NCCCCC1=CCc2ncccc21.O=C(CCBr)C1=CCc2ncccc21.O=C(CCCCCC1=CCc2ncccc21)c1cccn(Cc2ccc(F)c(F)c2)c1=O.O=C(Cl)CCBr.O=C(O)c1cccn(Cc2ccc(F)c(F)c2)c1=O. The number of carboxylic acids is 1. The van der Waals surface area contributed by atoms with Gasteiger partial charge in [0.2, 0.25) is 5.24 Å². The average Bonchev–Trinajstić information content (AvgIpc) is 1.72. The first-order valence-corrected chi connectivity index (χ1v) is 39.9. The second-order valence-electron chi connectivity index (χ2n) is 24.9. The van der Waals surface area contributed by atoms with Crippen molar-refractivity contribution in [1.82, 2.24) is 34.1 Å². The highest BCUT2D eigenvalue weighted by molar-refractivity contribution is 9.09. The van der Waals surface area contributed by atoms with Crippen molar-refractivity contribution in [3.05, 3.63) is 318 Å². The Morgan fingerprint density at radius 2 is 0.908 bits per heavy atom. The molecule has 109 heavy (non-hydrogen) atoms. The van der Waals surface area contributed by atoms with E-state index < -0.39 is 40.4 Å². The smallest absolute Gasteiger partial charge is 0.341 e. The quantitative estimate of drug-likeness (QED) is 0.0189. The number of carbonyl (C=O) groups excluding carboxylic acids is 3. The molecule has 3 N–H and O–H groups in total. The van der Waals surface area contributed by atoms with E-state index in [1.807, 2.05) is 81.1 Å². The Morgan fingerprint density at radius 1 is 0.468 bits per heavy atom. The largest absolute Gasteiger partial charge is 0.477 e. The molecule has 0 amide bonds. The lowest BCUT2D eigenvalue weighted by Gasteiger charge is -2.09. The van der Waals surface area contributed by atoms with Crippen molar-refractivity contribution in [3.8, 4) is 0 Å². The van der Waals surface area contributed by atoms with E-state index in [4.69, 9.17) is 22.4 Å². The summed E-state index contributed by atoms with van der Waals surface area (Å²) in [6, 6.07) is 32.9. The first kappa shape index (κ1) is 86.9. The molecule has 14 rings (SSSR count). The number of nitrogens with zero attached hydrogens (tertiary/aromatic N) is 7. The van der Waals surface area contributed by atoms with Gasteiger partial charge in [-0.2, -0.15) is 0 Å². The van der Waals surface area contributed by atoms with Crippen LogP contribution in [0.3, 0.4) is 0 Å². The number of benzene rings is 2. The molecule has 2 aromatic carbocycles. The summed E-state index contributed by atoms with van der Waals surface area (Å²) in [5.41, 5.74) is 22.1. The number of rotatable bonds is 24. The maximum Gasteiger partial charge on any atom is 0.341 e. The lowest BCUT2D eigenvalue weighted by Crippen LogP contribution is -2.26. The van der Waals surface area contributed by atoms with Gasteiger partial charge < -0.3 is 20.0 Å².